The van der Waals surface area contributed by atoms with Crippen molar-refractivity contribution in [3.05, 3.63) is 38.9 Å². The number of hydrogen-bond acceptors (Lipinski definition) is 3. The van der Waals surface area contributed by atoms with E-state index < -0.39 is 0 Å². The SMILES string of the molecule is CCCNCc1nc2ccc(Br)cc2c(=O)n1CCC. The molecule has 0 unspecified atom stereocenters. The van der Waals surface area contributed by atoms with Gasteiger partial charge in [0.25, 0.3) is 5.56 Å². The van der Waals surface area contributed by atoms with Gasteiger partial charge in [0.15, 0.2) is 0 Å². The molecule has 0 saturated carbocycles. The number of fused-ring (bicyclic) bond motifs is 1. The summed E-state index contributed by atoms with van der Waals surface area (Å²) in [6, 6.07) is 5.66. The van der Waals surface area contributed by atoms with E-state index in [1.807, 2.05) is 18.2 Å². The topological polar surface area (TPSA) is 46.9 Å². The molecule has 4 nitrogen and oxygen atoms in total. The molecule has 0 radical (unpaired) electrons. The Morgan fingerprint density at radius 3 is 2.80 bits per heavy atom. The lowest BCUT2D eigenvalue weighted by atomic mass is 10.2. The van der Waals surface area contributed by atoms with Crippen LogP contribution in [0, 0.1) is 0 Å². The zero-order chi connectivity index (χ0) is 14.5. The van der Waals surface area contributed by atoms with Crippen molar-refractivity contribution in [3.8, 4) is 0 Å². The molecule has 5 heteroatoms. The van der Waals surface area contributed by atoms with Crippen molar-refractivity contribution in [2.45, 2.75) is 39.8 Å². The normalized spacial score (nSPS) is 11.2. The highest BCUT2D eigenvalue weighted by Crippen LogP contribution is 2.16. The van der Waals surface area contributed by atoms with Crippen LogP contribution in [0.5, 0.6) is 0 Å². The molecule has 20 heavy (non-hydrogen) atoms. The second-order valence-electron chi connectivity index (χ2n) is 4.82. The lowest BCUT2D eigenvalue weighted by Gasteiger charge is -2.13. The third kappa shape index (κ3) is 3.27. The van der Waals surface area contributed by atoms with Crippen LogP contribution in [0.3, 0.4) is 0 Å². The minimum atomic E-state index is 0.0476. The number of halogens is 1. The Morgan fingerprint density at radius 2 is 2.10 bits per heavy atom. The molecule has 0 aliphatic heterocycles. The molecular weight excluding hydrogens is 318 g/mol. The minimum Gasteiger partial charge on any atom is -0.310 e. The van der Waals surface area contributed by atoms with Gasteiger partial charge in [-0.3, -0.25) is 9.36 Å². The number of nitrogens with one attached hydrogen (secondary N) is 1. The highest BCUT2D eigenvalue weighted by Gasteiger charge is 2.10. The van der Waals surface area contributed by atoms with Crippen molar-refractivity contribution >= 4 is 26.8 Å². The first kappa shape index (κ1) is 15.2. The average Bonchev–Trinajstić information content (AvgIpc) is 2.44. The van der Waals surface area contributed by atoms with Crippen LogP contribution in [0.25, 0.3) is 10.9 Å². The Morgan fingerprint density at radius 1 is 1.30 bits per heavy atom. The predicted molar refractivity (Wildman–Crippen MR) is 86.0 cm³/mol. The van der Waals surface area contributed by atoms with Crippen LogP contribution >= 0.6 is 15.9 Å². The molecule has 1 N–H and O–H groups in total. The molecule has 0 spiro atoms. The Hall–Kier alpha value is -1.20. The van der Waals surface area contributed by atoms with Crippen LogP contribution in [-0.4, -0.2) is 16.1 Å². The van der Waals surface area contributed by atoms with E-state index in [0.29, 0.717) is 18.5 Å². The third-order valence-electron chi connectivity index (χ3n) is 3.15. The summed E-state index contributed by atoms with van der Waals surface area (Å²) in [6.45, 7) is 6.46. The van der Waals surface area contributed by atoms with Gasteiger partial charge in [-0.25, -0.2) is 4.98 Å². The van der Waals surface area contributed by atoms with Gasteiger partial charge >= 0.3 is 0 Å². The van der Waals surface area contributed by atoms with Crippen molar-refractivity contribution < 1.29 is 0 Å². The minimum absolute atomic E-state index is 0.0476. The molecule has 0 saturated heterocycles. The monoisotopic (exact) mass is 337 g/mol. The van der Waals surface area contributed by atoms with E-state index in [0.717, 1.165) is 35.2 Å². The molecule has 0 fully saturated rings. The number of rotatable bonds is 6. The van der Waals surface area contributed by atoms with Gasteiger partial charge < -0.3 is 5.32 Å². The van der Waals surface area contributed by atoms with Crippen molar-refractivity contribution in [2.24, 2.45) is 0 Å². The van der Waals surface area contributed by atoms with Gasteiger partial charge in [0.05, 0.1) is 17.4 Å². The van der Waals surface area contributed by atoms with Gasteiger partial charge in [-0.2, -0.15) is 0 Å². The summed E-state index contributed by atoms with van der Waals surface area (Å²) < 4.78 is 2.70. The van der Waals surface area contributed by atoms with E-state index in [4.69, 9.17) is 0 Å². The van der Waals surface area contributed by atoms with Gasteiger partial charge in [-0.15, -0.1) is 0 Å². The molecule has 0 bridgehead atoms. The number of aromatic nitrogens is 2. The fourth-order valence-corrected chi connectivity index (χ4v) is 2.57. The standard InChI is InChI=1S/C15H20BrN3O/c1-3-7-17-10-14-18-13-6-5-11(16)9-12(13)15(20)19(14)8-4-2/h5-6,9,17H,3-4,7-8,10H2,1-2H3. The first-order valence-corrected chi connectivity index (χ1v) is 7.86. The van der Waals surface area contributed by atoms with Crippen LogP contribution in [0.2, 0.25) is 0 Å². The van der Waals surface area contributed by atoms with Crippen molar-refractivity contribution in [1.82, 2.24) is 14.9 Å². The fraction of sp³-hybridized carbons (Fsp3) is 0.467. The molecule has 1 aromatic heterocycles. The smallest absolute Gasteiger partial charge is 0.261 e. The molecule has 0 aliphatic carbocycles. The maximum Gasteiger partial charge on any atom is 0.261 e. The Bertz CT molecular complexity index is 651. The molecule has 1 aromatic carbocycles. The molecule has 0 atom stereocenters. The molecule has 0 aliphatic rings. The predicted octanol–water partition coefficient (Wildman–Crippen LogP) is 3.07. The number of benzene rings is 1. The zero-order valence-corrected chi connectivity index (χ0v) is 13.5. The number of hydrogen-bond donors (Lipinski definition) is 1. The summed E-state index contributed by atoms with van der Waals surface area (Å²) in [5, 5.41) is 4.00. The summed E-state index contributed by atoms with van der Waals surface area (Å²) in [6.07, 6.45) is 1.99. The first-order chi connectivity index (χ1) is 9.67. The van der Waals surface area contributed by atoms with Gasteiger partial charge in [0.2, 0.25) is 0 Å². The highest BCUT2D eigenvalue weighted by atomic mass is 79.9. The van der Waals surface area contributed by atoms with Gasteiger partial charge in [0.1, 0.15) is 5.82 Å². The summed E-state index contributed by atoms with van der Waals surface area (Å²) in [4.78, 5) is 17.2. The van der Waals surface area contributed by atoms with Crippen molar-refractivity contribution in [3.63, 3.8) is 0 Å². The summed E-state index contributed by atoms with van der Waals surface area (Å²) in [7, 11) is 0. The van der Waals surface area contributed by atoms with E-state index in [1.54, 1.807) is 4.57 Å². The molecule has 0 amide bonds. The van der Waals surface area contributed by atoms with E-state index in [-0.39, 0.29) is 5.56 Å². The average molecular weight is 338 g/mol. The summed E-state index contributed by atoms with van der Waals surface area (Å²) in [5.74, 6) is 0.820. The lowest BCUT2D eigenvalue weighted by molar-refractivity contribution is 0.563. The maximum atomic E-state index is 12.6. The second-order valence-corrected chi connectivity index (χ2v) is 5.74. The van der Waals surface area contributed by atoms with E-state index in [1.165, 1.54) is 0 Å². The quantitative estimate of drug-likeness (QED) is 0.824. The Balaban J connectivity index is 2.51. The van der Waals surface area contributed by atoms with Crippen molar-refractivity contribution in [1.29, 1.82) is 0 Å². The van der Waals surface area contributed by atoms with Crippen molar-refractivity contribution in [2.75, 3.05) is 6.54 Å². The summed E-state index contributed by atoms with van der Waals surface area (Å²) in [5.41, 5.74) is 0.810. The molecule has 108 valence electrons. The molecule has 2 aromatic rings. The van der Waals surface area contributed by atoms with E-state index in [9.17, 15) is 4.79 Å². The van der Waals surface area contributed by atoms with Crippen LogP contribution < -0.4 is 10.9 Å². The van der Waals surface area contributed by atoms with E-state index >= 15 is 0 Å². The third-order valence-corrected chi connectivity index (χ3v) is 3.65. The highest BCUT2D eigenvalue weighted by molar-refractivity contribution is 9.10. The lowest BCUT2D eigenvalue weighted by Crippen LogP contribution is -2.28. The molecular formula is C15H20BrN3O. The van der Waals surface area contributed by atoms with Crippen LogP contribution in [0.15, 0.2) is 27.5 Å². The molecule has 1 heterocycles. The fourth-order valence-electron chi connectivity index (χ4n) is 2.21. The maximum absolute atomic E-state index is 12.6. The summed E-state index contributed by atoms with van der Waals surface area (Å²) >= 11 is 3.41. The van der Waals surface area contributed by atoms with Gasteiger partial charge in [-0.05, 0) is 37.6 Å². The Kier molecular flexibility index (Phi) is 5.31. The van der Waals surface area contributed by atoms with Crippen LogP contribution in [0.1, 0.15) is 32.5 Å². The van der Waals surface area contributed by atoms with Gasteiger partial charge in [0, 0.05) is 11.0 Å². The van der Waals surface area contributed by atoms with Gasteiger partial charge in [-0.1, -0.05) is 29.8 Å². The Labute approximate surface area is 127 Å². The largest absolute Gasteiger partial charge is 0.310 e. The first-order valence-electron chi connectivity index (χ1n) is 7.07. The second kappa shape index (κ2) is 6.99. The molecule has 2 rings (SSSR count). The number of nitrogens with zero attached hydrogens (tertiary/aromatic N) is 2. The van der Waals surface area contributed by atoms with E-state index in [2.05, 4.69) is 40.1 Å². The van der Waals surface area contributed by atoms with Crippen LogP contribution in [-0.2, 0) is 13.1 Å². The van der Waals surface area contributed by atoms with Crippen LogP contribution in [0.4, 0.5) is 0 Å². The zero-order valence-electron chi connectivity index (χ0n) is 11.9.